The van der Waals surface area contributed by atoms with Crippen LogP contribution in [-0.2, 0) is 10.2 Å². The lowest BCUT2D eigenvalue weighted by atomic mass is 9.50. The predicted octanol–water partition coefficient (Wildman–Crippen LogP) is 4.81. The third-order valence-corrected chi connectivity index (χ3v) is 7.96. The van der Waals surface area contributed by atoms with Crippen molar-refractivity contribution in [3.05, 3.63) is 35.9 Å². The summed E-state index contributed by atoms with van der Waals surface area (Å²) < 4.78 is 0. The second-order valence-electron chi connectivity index (χ2n) is 10.4. The number of fused-ring (bicyclic) bond motifs is 2. The van der Waals surface area contributed by atoms with Gasteiger partial charge in [0.05, 0.1) is 0 Å². The summed E-state index contributed by atoms with van der Waals surface area (Å²) >= 11 is 0. The van der Waals surface area contributed by atoms with Gasteiger partial charge in [-0.2, -0.15) is 0 Å². The molecule has 0 spiro atoms. The third-order valence-electron chi connectivity index (χ3n) is 7.96. The highest BCUT2D eigenvalue weighted by molar-refractivity contribution is 5.76. The van der Waals surface area contributed by atoms with Crippen molar-refractivity contribution >= 4 is 5.91 Å². The van der Waals surface area contributed by atoms with Crippen molar-refractivity contribution in [3.63, 3.8) is 0 Å². The Kier molecular flexibility index (Phi) is 5.83. The molecule has 1 amide bonds. The molecule has 2 saturated carbocycles. The first-order chi connectivity index (χ1) is 13.5. The summed E-state index contributed by atoms with van der Waals surface area (Å²) in [4.78, 5) is 12.6. The molecule has 1 heterocycles. The molecule has 28 heavy (non-hydrogen) atoms. The Morgan fingerprint density at radius 1 is 1.21 bits per heavy atom. The van der Waals surface area contributed by atoms with Gasteiger partial charge in [-0.25, -0.2) is 0 Å². The van der Waals surface area contributed by atoms with Crippen LogP contribution in [0, 0.1) is 17.3 Å². The summed E-state index contributed by atoms with van der Waals surface area (Å²) in [7, 11) is 0. The van der Waals surface area contributed by atoms with Crippen LogP contribution in [-0.4, -0.2) is 25.0 Å². The van der Waals surface area contributed by atoms with Crippen molar-refractivity contribution in [3.8, 4) is 0 Å². The van der Waals surface area contributed by atoms with Crippen LogP contribution in [0.1, 0.15) is 77.2 Å². The van der Waals surface area contributed by atoms with E-state index in [4.69, 9.17) is 0 Å². The van der Waals surface area contributed by atoms with Crippen molar-refractivity contribution in [1.29, 1.82) is 0 Å². The third kappa shape index (κ3) is 4.30. The highest BCUT2D eigenvalue weighted by atomic mass is 16.1. The summed E-state index contributed by atoms with van der Waals surface area (Å²) in [5, 5.41) is 6.75. The Bertz CT molecular complexity index is 674. The van der Waals surface area contributed by atoms with Crippen molar-refractivity contribution in [2.45, 2.75) is 83.1 Å². The van der Waals surface area contributed by atoms with E-state index in [1.54, 1.807) is 5.56 Å². The maximum absolute atomic E-state index is 12.6. The summed E-state index contributed by atoms with van der Waals surface area (Å²) in [5.41, 5.74) is 2.34. The molecule has 5 unspecified atom stereocenters. The molecule has 1 aromatic carbocycles. The molecule has 2 aliphatic carbocycles. The van der Waals surface area contributed by atoms with Crippen molar-refractivity contribution in [2.75, 3.05) is 13.1 Å². The Morgan fingerprint density at radius 2 is 2.04 bits per heavy atom. The Balaban J connectivity index is 1.39. The van der Waals surface area contributed by atoms with Crippen LogP contribution in [0.25, 0.3) is 0 Å². The van der Waals surface area contributed by atoms with Crippen LogP contribution < -0.4 is 10.6 Å². The molecule has 3 aliphatic rings. The molecule has 0 aromatic heterocycles. The monoisotopic (exact) mass is 382 g/mol. The number of hydrogen-bond donors (Lipinski definition) is 2. The van der Waals surface area contributed by atoms with Gasteiger partial charge in [0.1, 0.15) is 0 Å². The predicted molar refractivity (Wildman–Crippen MR) is 115 cm³/mol. The van der Waals surface area contributed by atoms with E-state index in [2.05, 4.69) is 54.8 Å². The minimum Gasteiger partial charge on any atom is -0.353 e. The van der Waals surface area contributed by atoms with Gasteiger partial charge in [0.2, 0.25) is 5.91 Å². The molecule has 3 heteroatoms. The van der Waals surface area contributed by atoms with Gasteiger partial charge >= 0.3 is 0 Å². The molecule has 1 aliphatic heterocycles. The first-order valence-electron chi connectivity index (χ1n) is 11.5. The molecule has 1 saturated heterocycles. The molecule has 3 nitrogen and oxygen atoms in total. The average molecular weight is 383 g/mol. The highest BCUT2D eigenvalue weighted by Crippen LogP contribution is 2.58. The van der Waals surface area contributed by atoms with Crippen LogP contribution in [0.5, 0.6) is 0 Å². The van der Waals surface area contributed by atoms with E-state index in [1.807, 2.05) is 0 Å². The first kappa shape index (κ1) is 19.9. The number of amides is 1. The molecule has 2 bridgehead atoms. The summed E-state index contributed by atoms with van der Waals surface area (Å²) in [6.07, 6.45) is 10.7. The second kappa shape index (κ2) is 8.18. The summed E-state index contributed by atoms with van der Waals surface area (Å²) in [6.45, 7) is 6.79. The lowest BCUT2D eigenvalue weighted by molar-refractivity contribution is -0.122. The zero-order valence-electron chi connectivity index (χ0n) is 17.8. The lowest BCUT2D eigenvalue weighted by Gasteiger charge is -2.54. The zero-order chi connectivity index (χ0) is 19.6. The molecule has 0 radical (unpaired) electrons. The zero-order valence-corrected chi connectivity index (χ0v) is 17.8. The van der Waals surface area contributed by atoms with Gasteiger partial charge in [0.15, 0.2) is 0 Å². The molecule has 154 valence electrons. The van der Waals surface area contributed by atoms with Crippen LogP contribution in [0.2, 0.25) is 0 Å². The number of benzene rings is 1. The van der Waals surface area contributed by atoms with E-state index >= 15 is 0 Å². The number of carbonyl (C=O) groups excluding carboxylic acids is 1. The van der Waals surface area contributed by atoms with Gasteiger partial charge < -0.3 is 10.6 Å². The van der Waals surface area contributed by atoms with Gasteiger partial charge in [-0.3, -0.25) is 4.79 Å². The molecule has 4 rings (SSSR count). The lowest BCUT2D eigenvalue weighted by Crippen LogP contribution is -2.48. The van der Waals surface area contributed by atoms with Crippen LogP contribution in [0.15, 0.2) is 30.3 Å². The van der Waals surface area contributed by atoms with Gasteiger partial charge in [-0.05, 0) is 86.3 Å². The molecule has 3 fully saturated rings. The number of rotatable bonds is 5. The van der Waals surface area contributed by atoms with Crippen LogP contribution >= 0.6 is 0 Å². The topological polar surface area (TPSA) is 41.1 Å². The van der Waals surface area contributed by atoms with Crippen molar-refractivity contribution < 1.29 is 4.79 Å². The molecule has 5 atom stereocenters. The summed E-state index contributed by atoms with van der Waals surface area (Å²) in [5.74, 6) is 1.48. The van der Waals surface area contributed by atoms with Crippen molar-refractivity contribution in [1.82, 2.24) is 10.6 Å². The minimum atomic E-state index is 0.272. The van der Waals surface area contributed by atoms with E-state index in [0.717, 1.165) is 25.9 Å². The van der Waals surface area contributed by atoms with Gasteiger partial charge in [-0.1, -0.05) is 50.6 Å². The standard InChI is InChI=1S/C25H38N2O/c1-19-17-26-14-11-22(19)27-23(28)10-9-20-15-24(2)12-6-13-25(16-20,18-24)21-7-4-3-5-8-21/h3-5,7-8,19-20,22,26H,6,9-18H2,1-2H3,(H,27,28). The highest BCUT2D eigenvalue weighted by Gasteiger charge is 2.49. The Hall–Kier alpha value is -1.35. The van der Waals surface area contributed by atoms with Gasteiger partial charge in [-0.15, -0.1) is 0 Å². The molecular formula is C25H38N2O. The van der Waals surface area contributed by atoms with Gasteiger partial charge in [0.25, 0.3) is 0 Å². The number of nitrogens with one attached hydrogen (secondary N) is 2. The van der Waals surface area contributed by atoms with E-state index in [1.165, 1.54) is 38.5 Å². The quantitative estimate of drug-likeness (QED) is 0.767. The van der Waals surface area contributed by atoms with E-state index < -0.39 is 0 Å². The maximum atomic E-state index is 12.6. The minimum absolute atomic E-state index is 0.272. The number of piperidine rings is 1. The van der Waals surface area contributed by atoms with Crippen LogP contribution in [0.3, 0.4) is 0 Å². The van der Waals surface area contributed by atoms with Crippen LogP contribution in [0.4, 0.5) is 0 Å². The second-order valence-corrected chi connectivity index (χ2v) is 10.4. The molecular weight excluding hydrogens is 344 g/mol. The Morgan fingerprint density at radius 3 is 2.82 bits per heavy atom. The molecule has 1 aromatic rings. The molecule has 2 N–H and O–H groups in total. The van der Waals surface area contributed by atoms with Crippen molar-refractivity contribution in [2.24, 2.45) is 17.3 Å². The number of hydrogen-bond acceptors (Lipinski definition) is 2. The fourth-order valence-corrected chi connectivity index (χ4v) is 6.72. The normalized spacial score (nSPS) is 38.0. The smallest absolute Gasteiger partial charge is 0.220 e. The van der Waals surface area contributed by atoms with E-state index in [0.29, 0.717) is 35.1 Å². The number of carbonyl (C=O) groups is 1. The summed E-state index contributed by atoms with van der Waals surface area (Å²) in [6, 6.07) is 11.6. The fourth-order valence-electron chi connectivity index (χ4n) is 6.72. The van der Waals surface area contributed by atoms with Gasteiger partial charge in [0, 0.05) is 12.5 Å². The van der Waals surface area contributed by atoms with E-state index in [9.17, 15) is 4.79 Å². The Labute approximate surface area is 171 Å². The fraction of sp³-hybridized carbons (Fsp3) is 0.720. The SMILES string of the molecule is CC1CNCCC1NC(=O)CCC1CC2(C)CCCC(c3ccccc3)(C1)C2. The maximum Gasteiger partial charge on any atom is 0.220 e. The van der Waals surface area contributed by atoms with E-state index in [-0.39, 0.29) is 5.91 Å². The largest absolute Gasteiger partial charge is 0.353 e. The average Bonchev–Trinajstić information content (AvgIpc) is 2.68. The first-order valence-corrected chi connectivity index (χ1v) is 11.5.